The number of halogens is 1. The number of nitrogens with one attached hydrogen (secondary N) is 1. The molecule has 2 aromatic heterocycles. The standard InChI is InChI=1S/C23H25IN4O3/c1-2-30-14-17(13-16-7-9-18(10-8-16)31-12-11-29)28-15-25-21-22(28)19-5-3-4-6-20(19)26-23(21)27-24/h3-10,15,17,29H,2,11-14H2,1H3,(H,26,27)/t17-/m0/s1. The Morgan fingerprint density at radius 3 is 2.71 bits per heavy atom. The summed E-state index contributed by atoms with van der Waals surface area (Å²) in [5, 5.41) is 10.0. The highest BCUT2D eigenvalue weighted by Crippen LogP contribution is 2.32. The summed E-state index contributed by atoms with van der Waals surface area (Å²) in [6.07, 6.45) is 2.67. The van der Waals surface area contributed by atoms with Gasteiger partial charge in [-0.15, -0.1) is 0 Å². The summed E-state index contributed by atoms with van der Waals surface area (Å²) in [4.78, 5) is 9.41. The van der Waals surface area contributed by atoms with E-state index in [0.29, 0.717) is 19.8 Å². The summed E-state index contributed by atoms with van der Waals surface area (Å²) in [7, 11) is 0. The van der Waals surface area contributed by atoms with Crippen LogP contribution in [0.5, 0.6) is 5.75 Å². The SMILES string of the molecule is CCOC[C@H](Cc1ccc(OCCO)cc1)n1cnc2c(NI)nc3ccccc3c21. The topological polar surface area (TPSA) is 81.4 Å². The van der Waals surface area contributed by atoms with Gasteiger partial charge in [-0.1, -0.05) is 30.3 Å². The molecule has 162 valence electrons. The smallest absolute Gasteiger partial charge is 0.163 e. The van der Waals surface area contributed by atoms with Gasteiger partial charge in [0, 0.05) is 12.0 Å². The van der Waals surface area contributed by atoms with Crippen LogP contribution in [0.4, 0.5) is 5.82 Å². The lowest BCUT2D eigenvalue weighted by Gasteiger charge is -2.20. The number of benzene rings is 2. The van der Waals surface area contributed by atoms with Crippen LogP contribution >= 0.6 is 22.9 Å². The summed E-state index contributed by atoms with van der Waals surface area (Å²) < 4.78 is 16.7. The lowest BCUT2D eigenvalue weighted by molar-refractivity contribution is 0.114. The molecule has 0 fully saturated rings. The number of ether oxygens (including phenoxy) is 2. The van der Waals surface area contributed by atoms with Crippen molar-refractivity contribution in [1.29, 1.82) is 0 Å². The minimum absolute atomic E-state index is 0.00275. The van der Waals surface area contributed by atoms with Crippen LogP contribution in [0, 0.1) is 0 Å². The number of fused-ring (bicyclic) bond motifs is 3. The van der Waals surface area contributed by atoms with Gasteiger partial charge >= 0.3 is 0 Å². The molecular weight excluding hydrogens is 507 g/mol. The molecule has 0 spiro atoms. The van der Waals surface area contributed by atoms with Crippen molar-refractivity contribution in [3.05, 3.63) is 60.4 Å². The molecule has 2 aromatic carbocycles. The number of aliphatic hydroxyl groups is 1. The first-order valence-electron chi connectivity index (χ1n) is 10.3. The molecule has 8 heteroatoms. The van der Waals surface area contributed by atoms with Gasteiger partial charge in [-0.25, -0.2) is 9.97 Å². The molecular formula is C23H25IN4O3. The average Bonchev–Trinajstić information content (AvgIpc) is 3.26. The quantitative estimate of drug-likeness (QED) is 0.231. The third-order valence-corrected chi connectivity index (χ3v) is 5.67. The van der Waals surface area contributed by atoms with Crippen molar-refractivity contribution in [3.63, 3.8) is 0 Å². The van der Waals surface area contributed by atoms with Crippen molar-refractivity contribution in [2.75, 3.05) is 30.0 Å². The van der Waals surface area contributed by atoms with E-state index < -0.39 is 0 Å². The van der Waals surface area contributed by atoms with Crippen molar-refractivity contribution < 1.29 is 14.6 Å². The number of rotatable bonds is 10. The largest absolute Gasteiger partial charge is 0.491 e. The molecule has 0 amide bonds. The van der Waals surface area contributed by atoms with Gasteiger partial charge in [-0.2, -0.15) is 0 Å². The van der Waals surface area contributed by atoms with Crippen molar-refractivity contribution in [1.82, 2.24) is 14.5 Å². The fourth-order valence-electron chi connectivity index (χ4n) is 3.74. The van der Waals surface area contributed by atoms with Crippen LogP contribution in [-0.4, -0.2) is 46.1 Å². The lowest BCUT2D eigenvalue weighted by atomic mass is 10.1. The first-order chi connectivity index (χ1) is 15.2. The molecule has 2 N–H and O–H groups in total. The first kappa shape index (κ1) is 21.8. The van der Waals surface area contributed by atoms with E-state index in [1.807, 2.05) is 43.6 Å². The average molecular weight is 532 g/mol. The number of imidazole rings is 1. The zero-order valence-electron chi connectivity index (χ0n) is 17.3. The normalized spacial score (nSPS) is 12.4. The van der Waals surface area contributed by atoms with Gasteiger partial charge < -0.3 is 22.7 Å². The summed E-state index contributed by atoms with van der Waals surface area (Å²) in [6.45, 7) is 3.53. The Kier molecular flexibility index (Phi) is 7.21. The second kappa shape index (κ2) is 10.3. The second-order valence-corrected chi connectivity index (χ2v) is 7.69. The highest BCUT2D eigenvalue weighted by molar-refractivity contribution is 14.1. The van der Waals surface area contributed by atoms with E-state index in [1.165, 1.54) is 5.56 Å². The maximum Gasteiger partial charge on any atom is 0.163 e. The van der Waals surface area contributed by atoms with Gasteiger partial charge in [0.05, 0.1) is 59.5 Å². The van der Waals surface area contributed by atoms with Crippen molar-refractivity contribution in [3.8, 4) is 5.75 Å². The predicted octanol–water partition coefficient (Wildman–Crippen LogP) is 4.54. The van der Waals surface area contributed by atoms with E-state index in [2.05, 4.69) is 49.2 Å². The van der Waals surface area contributed by atoms with E-state index >= 15 is 0 Å². The maximum atomic E-state index is 8.93. The number of aromatic nitrogens is 3. The number of aliphatic hydroxyl groups excluding tert-OH is 1. The van der Waals surface area contributed by atoms with Gasteiger partial charge in [0.15, 0.2) is 5.82 Å². The third kappa shape index (κ3) is 4.76. The molecule has 0 unspecified atom stereocenters. The van der Waals surface area contributed by atoms with E-state index in [-0.39, 0.29) is 12.6 Å². The Balaban J connectivity index is 1.73. The van der Waals surface area contributed by atoms with Crippen molar-refractivity contribution in [2.24, 2.45) is 0 Å². The van der Waals surface area contributed by atoms with Crippen LogP contribution in [0.15, 0.2) is 54.9 Å². The van der Waals surface area contributed by atoms with Crippen LogP contribution in [0.3, 0.4) is 0 Å². The van der Waals surface area contributed by atoms with Gasteiger partial charge in [-0.3, -0.25) is 0 Å². The van der Waals surface area contributed by atoms with E-state index in [1.54, 1.807) is 0 Å². The van der Waals surface area contributed by atoms with Crippen molar-refractivity contribution in [2.45, 2.75) is 19.4 Å². The number of hydrogen-bond donors (Lipinski definition) is 2. The molecule has 7 nitrogen and oxygen atoms in total. The molecule has 1 atom stereocenters. The Bertz CT molecular complexity index is 1150. The lowest BCUT2D eigenvalue weighted by Crippen LogP contribution is -2.18. The minimum atomic E-state index is 0.00275. The highest BCUT2D eigenvalue weighted by atomic mass is 127. The highest BCUT2D eigenvalue weighted by Gasteiger charge is 2.20. The van der Waals surface area contributed by atoms with Crippen LogP contribution in [0.2, 0.25) is 0 Å². The van der Waals surface area contributed by atoms with Gasteiger partial charge in [0.1, 0.15) is 17.9 Å². The first-order valence-corrected chi connectivity index (χ1v) is 11.3. The maximum absolute atomic E-state index is 8.93. The molecule has 2 heterocycles. The van der Waals surface area contributed by atoms with Crippen molar-refractivity contribution >= 4 is 50.6 Å². The fourth-order valence-corrected chi connectivity index (χ4v) is 4.11. The summed E-state index contributed by atoms with van der Waals surface area (Å²) in [5.41, 5.74) is 4.00. The van der Waals surface area contributed by atoms with Gasteiger partial charge in [0.2, 0.25) is 0 Å². The molecule has 0 bridgehead atoms. The predicted molar refractivity (Wildman–Crippen MR) is 131 cm³/mol. The third-order valence-electron chi connectivity index (χ3n) is 5.16. The second-order valence-electron chi connectivity index (χ2n) is 7.15. The Labute approximate surface area is 194 Å². The minimum Gasteiger partial charge on any atom is -0.491 e. The molecule has 4 rings (SSSR count). The zero-order chi connectivity index (χ0) is 21.6. The van der Waals surface area contributed by atoms with Crippen LogP contribution in [0.1, 0.15) is 18.5 Å². The summed E-state index contributed by atoms with van der Waals surface area (Å²) in [6, 6.07) is 16.2. The number of anilines is 1. The van der Waals surface area contributed by atoms with Gasteiger partial charge in [0.25, 0.3) is 0 Å². The molecule has 31 heavy (non-hydrogen) atoms. The molecule has 0 saturated carbocycles. The number of pyridine rings is 1. The molecule has 0 aliphatic heterocycles. The summed E-state index contributed by atoms with van der Waals surface area (Å²) in [5.74, 6) is 1.51. The summed E-state index contributed by atoms with van der Waals surface area (Å²) >= 11 is 2.10. The monoisotopic (exact) mass is 532 g/mol. The molecule has 0 aliphatic carbocycles. The van der Waals surface area contributed by atoms with E-state index in [0.717, 1.165) is 39.9 Å². The molecule has 0 saturated heterocycles. The van der Waals surface area contributed by atoms with E-state index in [4.69, 9.17) is 24.5 Å². The van der Waals surface area contributed by atoms with Crippen LogP contribution in [-0.2, 0) is 11.2 Å². The molecule has 0 aliphatic rings. The molecule has 4 aromatic rings. The Hall–Kier alpha value is -2.43. The zero-order valence-corrected chi connectivity index (χ0v) is 19.4. The number of hydrogen-bond acceptors (Lipinski definition) is 6. The Morgan fingerprint density at radius 2 is 1.97 bits per heavy atom. The van der Waals surface area contributed by atoms with Crippen LogP contribution in [0.25, 0.3) is 21.9 Å². The van der Waals surface area contributed by atoms with Crippen LogP contribution < -0.4 is 8.27 Å². The molecule has 0 radical (unpaired) electrons. The van der Waals surface area contributed by atoms with E-state index in [9.17, 15) is 0 Å². The number of para-hydroxylation sites is 1. The fraction of sp³-hybridized carbons (Fsp3) is 0.304. The number of nitrogens with zero attached hydrogens (tertiary/aromatic N) is 3. The van der Waals surface area contributed by atoms with Gasteiger partial charge in [-0.05, 0) is 37.1 Å². The Morgan fingerprint density at radius 1 is 1.16 bits per heavy atom.